The third-order valence-corrected chi connectivity index (χ3v) is 4.88. The van der Waals surface area contributed by atoms with Crippen LogP contribution in [-0.4, -0.2) is 32.2 Å². The maximum Gasteiger partial charge on any atom is 0.255 e. The molecule has 0 atom stereocenters. The van der Waals surface area contributed by atoms with Gasteiger partial charge in [-0.05, 0) is 48.5 Å². The molecule has 0 aliphatic rings. The van der Waals surface area contributed by atoms with E-state index in [4.69, 9.17) is 30.2 Å². The Hall–Kier alpha value is -3.71. The monoisotopic (exact) mass is 438 g/mol. The summed E-state index contributed by atoms with van der Waals surface area (Å²) in [6.07, 6.45) is 0. The molecule has 0 fully saturated rings. The number of aromatic nitrogens is 1. The van der Waals surface area contributed by atoms with Crippen LogP contribution >= 0.6 is 11.6 Å². The van der Waals surface area contributed by atoms with Crippen molar-refractivity contribution in [3.8, 4) is 28.7 Å². The first-order chi connectivity index (χ1) is 15.0. The van der Waals surface area contributed by atoms with Crippen LogP contribution < -0.4 is 19.5 Å². The Kier molecular flexibility index (Phi) is 5.68. The summed E-state index contributed by atoms with van der Waals surface area (Å²) in [6.45, 7) is 0. The van der Waals surface area contributed by atoms with Gasteiger partial charge in [-0.25, -0.2) is 4.98 Å². The SMILES string of the molecule is COc1cc(C(=O)Nc2cccc(-c3nc4cc(Cl)ccc4o3)c2)cc(OC)c1OC. The molecule has 8 heteroatoms. The van der Waals surface area contributed by atoms with E-state index in [2.05, 4.69) is 10.3 Å². The number of rotatable bonds is 6. The van der Waals surface area contributed by atoms with E-state index in [9.17, 15) is 4.79 Å². The number of methoxy groups -OCH3 is 3. The molecular formula is C23H19ClN2O5. The highest BCUT2D eigenvalue weighted by Gasteiger charge is 2.17. The van der Waals surface area contributed by atoms with Gasteiger partial charge in [0.15, 0.2) is 17.1 Å². The van der Waals surface area contributed by atoms with Crippen LogP contribution in [0.15, 0.2) is 59.0 Å². The summed E-state index contributed by atoms with van der Waals surface area (Å²) >= 11 is 6.02. The molecule has 7 nitrogen and oxygen atoms in total. The van der Waals surface area contributed by atoms with Crippen molar-refractivity contribution in [2.24, 2.45) is 0 Å². The predicted octanol–water partition coefficient (Wildman–Crippen LogP) is 5.43. The molecule has 4 aromatic rings. The lowest BCUT2D eigenvalue weighted by Crippen LogP contribution is -2.12. The van der Waals surface area contributed by atoms with Crippen molar-refractivity contribution < 1.29 is 23.4 Å². The number of oxazole rings is 1. The standard InChI is InChI=1S/C23H19ClN2O5/c1-28-19-10-14(11-20(29-2)21(19)30-3)22(27)25-16-6-4-5-13(9-16)23-26-17-12-15(24)7-8-18(17)31-23/h4-12H,1-3H3,(H,25,27). The minimum atomic E-state index is -0.333. The zero-order valence-corrected chi connectivity index (χ0v) is 17.8. The smallest absolute Gasteiger partial charge is 0.255 e. The van der Waals surface area contributed by atoms with Crippen molar-refractivity contribution in [2.75, 3.05) is 26.6 Å². The molecule has 0 radical (unpaired) electrons. The van der Waals surface area contributed by atoms with Gasteiger partial charge in [0, 0.05) is 21.8 Å². The maximum absolute atomic E-state index is 12.9. The molecule has 0 spiro atoms. The summed E-state index contributed by atoms with van der Waals surface area (Å²) in [7, 11) is 4.50. The Morgan fingerprint density at radius 1 is 0.968 bits per heavy atom. The Bertz CT molecular complexity index is 1240. The number of carbonyl (C=O) groups excluding carboxylic acids is 1. The molecule has 3 aromatic carbocycles. The Labute approximate surface area is 183 Å². The highest BCUT2D eigenvalue weighted by atomic mass is 35.5. The van der Waals surface area contributed by atoms with Gasteiger partial charge in [-0.1, -0.05) is 17.7 Å². The highest BCUT2D eigenvalue weighted by molar-refractivity contribution is 6.31. The quantitative estimate of drug-likeness (QED) is 0.432. The van der Waals surface area contributed by atoms with Crippen molar-refractivity contribution >= 4 is 34.3 Å². The van der Waals surface area contributed by atoms with E-state index in [1.807, 2.05) is 12.1 Å². The maximum atomic E-state index is 12.9. The van der Waals surface area contributed by atoms with Crippen LogP contribution in [0.1, 0.15) is 10.4 Å². The van der Waals surface area contributed by atoms with Crippen LogP contribution in [0, 0.1) is 0 Å². The van der Waals surface area contributed by atoms with Gasteiger partial charge in [-0.15, -0.1) is 0 Å². The normalized spacial score (nSPS) is 10.7. The van der Waals surface area contributed by atoms with E-state index < -0.39 is 0 Å². The number of nitrogens with zero attached hydrogens (tertiary/aromatic N) is 1. The number of carbonyl (C=O) groups is 1. The zero-order valence-electron chi connectivity index (χ0n) is 17.1. The lowest BCUT2D eigenvalue weighted by molar-refractivity contribution is 0.102. The molecule has 0 unspecified atom stereocenters. The fourth-order valence-electron chi connectivity index (χ4n) is 3.17. The third kappa shape index (κ3) is 4.13. The number of hydrogen-bond donors (Lipinski definition) is 1. The van der Waals surface area contributed by atoms with Gasteiger partial charge in [0.25, 0.3) is 5.91 Å². The first-order valence-corrected chi connectivity index (χ1v) is 9.68. The second-order valence-corrected chi connectivity index (χ2v) is 7.02. The summed E-state index contributed by atoms with van der Waals surface area (Å²) in [5.41, 5.74) is 2.95. The molecular weight excluding hydrogens is 420 g/mol. The summed E-state index contributed by atoms with van der Waals surface area (Å²) in [4.78, 5) is 17.3. The van der Waals surface area contributed by atoms with Crippen LogP contribution in [0.4, 0.5) is 5.69 Å². The molecule has 1 aromatic heterocycles. The summed E-state index contributed by atoms with van der Waals surface area (Å²) in [6, 6.07) is 15.6. The largest absolute Gasteiger partial charge is 0.493 e. The van der Waals surface area contributed by atoms with Gasteiger partial charge >= 0.3 is 0 Å². The molecule has 4 rings (SSSR count). The minimum absolute atomic E-state index is 0.333. The zero-order chi connectivity index (χ0) is 22.0. The number of ether oxygens (including phenoxy) is 3. The Morgan fingerprint density at radius 2 is 1.71 bits per heavy atom. The molecule has 0 aliphatic heterocycles. The number of benzene rings is 3. The van der Waals surface area contributed by atoms with Crippen molar-refractivity contribution in [2.45, 2.75) is 0 Å². The van der Waals surface area contributed by atoms with E-state index in [0.717, 1.165) is 5.56 Å². The molecule has 1 heterocycles. The Balaban J connectivity index is 1.62. The lowest BCUT2D eigenvalue weighted by Gasteiger charge is -2.14. The van der Waals surface area contributed by atoms with Gasteiger partial charge < -0.3 is 23.9 Å². The molecule has 31 heavy (non-hydrogen) atoms. The fourth-order valence-corrected chi connectivity index (χ4v) is 3.34. The van der Waals surface area contributed by atoms with E-state index >= 15 is 0 Å². The van der Waals surface area contributed by atoms with Crippen LogP contribution in [0.25, 0.3) is 22.6 Å². The first-order valence-electron chi connectivity index (χ1n) is 9.30. The number of halogens is 1. The number of amides is 1. The van der Waals surface area contributed by atoms with E-state index in [-0.39, 0.29) is 5.91 Å². The third-order valence-electron chi connectivity index (χ3n) is 4.64. The molecule has 1 N–H and O–H groups in total. The second kappa shape index (κ2) is 8.57. The van der Waals surface area contributed by atoms with E-state index in [0.29, 0.717) is 50.5 Å². The fraction of sp³-hybridized carbons (Fsp3) is 0.130. The topological polar surface area (TPSA) is 82.8 Å². The highest BCUT2D eigenvalue weighted by Crippen LogP contribution is 2.38. The molecule has 0 aliphatic carbocycles. The number of fused-ring (bicyclic) bond motifs is 1. The molecule has 0 saturated heterocycles. The molecule has 0 bridgehead atoms. The molecule has 0 saturated carbocycles. The van der Waals surface area contributed by atoms with Gasteiger partial charge in [0.1, 0.15) is 5.52 Å². The minimum Gasteiger partial charge on any atom is -0.493 e. The van der Waals surface area contributed by atoms with Crippen LogP contribution in [0.2, 0.25) is 5.02 Å². The second-order valence-electron chi connectivity index (χ2n) is 6.58. The van der Waals surface area contributed by atoms with Gasteiger partial charge in [-0.3, -0.25) is 4.79 Å². The molecule has 1 amide bonds. The average molecular weight is 439 g/mol. The van der Waals surface area contributed by atoms with Crippen molar-refractivity contribution in [1.82, 2.24) is 4.98 Å². The predicted molar refractivity (Wildman–Crippen MR) is 119 cm³/mol. The number of nitrogens with one attached hydrogen (secondary N) is 1. The summed E-state index contributed by atoms with van der Waals surface area (Å²) in [5, 5.41) is 3.45. The van der Waals surface area contributed by atoms with Crippen LogP contribution in [0.3, 0.4) is 0 Å². The van der Waals surface area contributed by atoms with Crippen molar-refractivity contribution in [1.29, 1.82) is 0 Å². The van der Waals surface area contributed by atoms with Crippen molar-refractivity contribution in [3.63, 3.8) is 0 Å². The first kappa shape index (κ1) is 20.6. The molecule has 158 valence electrons. The van der Waals surface area contributed by atoms with Crippen LogP contribution in [-0.2, 0) is 0 Å². The number of anilines is 1. The van der Waals surface area contributed by atoms with Crippen LogP contribution in [0.5, 0.6) is 17.2 Å². The lowest BCUT2D eigenvalue weighted by atomic mass is 10.1. The van der Waals surface area contributed by atoms with Gasteiger partial charge in [0.05, 0.1) is 21.3 Å². The summed E-state index contributed by atoms with van der Waals surface area (Å²) < 4.78 is 21.7. The van der Waals surface area contributed by atoms with Crippen molar-refractivity contribution in [3.05, 3.63) is 65.2 Å². The van der Waals surface area contributed by atoms with E-state index in [1.54, 1.807) is 42.5 Å². The van der Waals surface area contributed by atoms with Gasteiger partial charge in [0.2, 0.25) is 11.6 Å². The van der Waals surface area contributed by atoms with Gasteiger partial charge in [-0.2, -0.15) is 0 Å². The van der Waals surface area contributed by atoms with E-state index in [1.165, 1.54) is 21.3 Å². The Morgan fingerprint density at radius 3 is 2.39 bits per heavy atom. The average Bonchev–Trinajstić information content (AvgIpc) is 3.21. The summed E-state index contributed by atoms with van der Waals surface area (Å²) in [5.74, 6) is 1.30. The number of hydrogen-bond acceptors (Lipinski definition) is 6.